The quantitative estimate of drug-likeness (QED) is 0.531. The minimum atomic E-state index is -0.779. The molecule has 1 N–H and O–H groups in total. The largest absolute Gasteiger partial charge is 0.467 e. The van der Waals surface area contributed by atoms with E-state index in [-0.39, 0.29) is 22.9 Å². The Kier molecular flexibility index (Phi) is 8.95. The lowest BCUT2D eigenvalue weighted by atomic mass is 10.0. The summed E-state index contributed by atoms with van der Waals surface area (Å²) >= 11 is 0. The van der Waals surface area contributed by atoms with Crippen molar-refractivity contribution in [3.63, 3.8) is 0 Å². The van der Waals surface area contributed by atoms with Gasteiger partial charge in [-0.2, -0.15) is 0 Å². The van der Waals surface area contributed by atoms with Crippen LogP contribution >= 0.6 is 0 Å². The Bertz CT molecular complexity index is 1260. The first-order valence-corrected chi connectivity index (χ1v) is 12.5. The smallest absolute Gasteiger partial charge is 0.332 e. The molecule has 0 aromatic carbocycles. The fourth-order valence-corrected chi connectivity index (χ4v) is 4.30. The lowest BCUT2D eigenvalue weighted by molar-refractivity contribution is -0.144. The molecule has 3 heterocycles. The predicted octanol–water partition coefficient (Wildman–Crippen LogP) is 2.61. The molecule has 3 rings (SSSR count). The molecule has 194 valence electrons. The maximum Gasteiger partial charge on any atom is 0.332 e. The number of aliphatic imine (C=N–C) groups is 1. The number of fused-ring (bicyclic) bond motifs is 1. The number of amides is 1. The van der Waals surface area contributed by atoms with E-state index in [1.54, 1.807) is 22.9 Å². The van der Waals surface area contributed by atoms with E-state index in [0.717, 1.165) is 6.42 Å². The summed E-state index contributed by atoms with van der Waals surface area (Å²) in [6.07, 6.45) is 4.82. The molecule has 36 heavy (non-hydrogen) atoms. The van der Waals surface area contributed by atoms with Gasteiger partial charge >= 0.3 is 11.7 Å². The molecule has 10 nitrogen and oxygen atoms in total. The van der Waals surface area contributed by atoms with E-state index in [1.165, 1.54) is 11.7 Å². The number of pyridine rings is 1. The fourth-order valence-electron chi connectivity index (χ4n) is 4.30. The molecule has 0 spiro atoms. The monoisotopic (exact) mass is 497 g/mol. The van der Waals surface area contributed by atoms with Crippen LogP contribution in [0.1, 0.15) is 75.0 Å². The van der Waals surface area contributed by atoms with Crippen LogP contribution in [-0.2, 0) is 29.0 Å². The summed E-state index contributed by atoms with van der Waals surface area (Å²) in [5.41, 5.74) is 1.56. The summed E-state index contributed by atoms with van der Waals surface area (Å²) in [7, 11) is 1.28. The van der Waals surface area contributed by atoms with Crippen LogP contribution in [0.25, 0.3) is 0 Å². The molecular weight excluding hydrogens is 462 g/mol. The maximum absolute atomic E-state index is 13.1. The minimum Gasteiger partial charge on any atom is -0.467 e. The topological polar surface area (TPSA) is 125 Å². The second-order valence-electron chi connectivity index (χ2n) is 9.26. The van der Waals surface area contributed by atoms with Crippen LogP contribution in [0.2, 0.25) is 0 Å². The van der Waals surface area contributed by atoms with E-state index in [0.29, 0.717) is 61.4 Å². The maximum atomic E-state index is 13.1. The van der Waals surface area contributed by atoms with Gasteiger partial charge in [0.05, 0.1) is 18.4 Å². The third-order valence-electron chi connectivity index (χ3n) is 6.20. The number of carbonyl (C=O) groups excluding carboxylic acids is 2. The molecule has 0 saturated heterocycles. The molecule has 0 radical (unpaired) electrons. The van der Waals surface area contributed by atoms with Crippen molar-refractivity contribution in [2.24, 2.45) is 10.9 Å². The van der Waals surface area contributed by atoms with Crippen molar-refractivity contribution in [1.29, 1.82) is 0 Å². The van der Waals surface area contributed by atoms with Crippen LogP contribution in [0.4, 0.5) is 5.82 Å². The number of hydrogen-bond donors (Lipinski definition) is 1. The molecule has 2 aromatic heterocycles. The van der Waals surface area contributed by atoms with Gasteiger partial charge in [0.1, 0.15) is 17.6 Å². The van der Waals surface area contributed by atoms with Gasteiger partial charge in [-0.25, -0.2) is 14.6 Å². The molecule has 10 heteroatoms. The van der Waals surface area contributed by atoms with E-state index < -0.39 is 17.9 Å². The van der Waals surface area contributed by atoms with E-state index in [4.69, 9.17) is 9.73 Å². The fraction of sp³-hybridized carbons (Fsp3) is 0.538. The SMILES string of the molecule is CCCn1c2c(c(=O)n(CCC)c1=O)CCCC(c1ccc(C(=O)NC(C(=O)OC)C(C)C)nc1)=N2. The van der Waals surface area contributed by atoms with Crippen LogP contribution in [0.3, 0.4) is 0 Å². The Balaban J connectivity index is 1.97. The molecule has 1 amide bonds. The van der Waals surface area contributed by atoms with Crippen molar-refractivity contribution < 1.29 is 14.3 Å². The Morgan fingerprint density at radius 3 is 2.36 bits per heavy atom. The first kappa shape index (κ1) is 27.0. The number of ether oxygens (including phenoxy) is 1. The van der Waals surface area contributed by atoms with Gasteiger partial charge in [-0.3, -0.25) is 23.7 Å². The molecule has 1 aliphatic heterocycles. The number of nitrogens with one attached hydrogen (secondary N) is 1. The van der Waals surface area contributed by atoms with Crippen LogP contribution < -0.4 is 16.6 Å². The number of nitrogens with zero attached hydrogens (tertiary/aromatic N) is 4. The summed E-state index contributed by atoms with van der Waals surface area (Å²) < 4.78 is 7.70. The number of esters is 1. The molecule has 1 atom stereocenters. The highest BCUT2D eigenvalue weighted by molar-refractivity contribution is 6.03. The molecule has 0 saturated carbocycles. The second kappa shape index (κ2) is 11.9. The van der Waals surface area contributed by atoms with Crippen molar-refractivity contribution in [2.75, 3.05) is 7.11 Å². The summed E-state index contributed by atoms with van der Waals surface area (Å²) in [6, 6.07) is 2.54. The van der Waals surface area contributed by atoms with Gasteiger partial charge in [-0.1, -0.05) is 27.7 Å². The lowest BCUT2D eigenvalue weighted by Gasteiger charge is -2.19. The summed E-state index contributed by atoms with van der Waals surface area (Å²) in [5, 5.41) is 2.67. The molecule has 0 aliphatic carbocycles. The minimum absolute atomic E-state index is 0.149. The number of rotatable bonds is 9. The third-order valence-corrected chi connectivity index (χ3v) is 6.20. The summed E-state index contributed by atoms with van der Waals surface area (Å²) in [6.45, 7) is 8.40. The van der Waals surface area contributed by atoms with Gasteiger partial charge in [0, 0.05) is 24.8 Å². The Morgan fingerprint density at radius 1 is 1.08 bits per heavy atom. The van der Waals surface area contributed by atoms with Crippen LogP contribution in [0.15, 0.2) is 32.9 Å². The van der Waals surface area contributed by atoms with Gasteiger partial charge in [0.15, 0.2) is 0 Å². The van der Waals surface area contributed by atoms with Crippen molar-refractivity contribution in [1.82, 2.24) is 19.4 Å². The Morgan fingerprint density at radius 2 is 1.78 bits per heavy atom. The van der Waals surface area contributed by atoms with E-state index >= 15 is 0 Å². The highest BCUT2D eigenvalue weighted by atomic mass is 16.5. The highest BCUT2D eigenvalue weighted by Gasteiger charge is 2.26. The molecule has 1 unspecified atom stereocenters. The van der Waals surface area contributed by atoms with Crippen LogP contribution in [0, 0.1) is 5.92 Å². The number of carbonyl (C=O) groups is 2. The van der Waals surface area contributed by atoms with Gasteiger partial charge in [0.25, 0.3) is 11.5 Å². The van der Waals surface area contributed by atoms with Gasteiger partial charge in [-0.05, 0) is 50.2 Å². The van der Waals surface area contributed by atoms with Crippen molar-refractivity contribution >= 4 is 23.4 Å². The summed E-state index contributed by atoms with van der Waals surface area (Å²) in [5.74, 6) is -0.722. The first-order chi connectivity index (χ1) is 17.2. The van der Waals surface area contributed by atoms with E-state index in [9.17, 15) is 19.2 Å². The zero-order valence-electron chi connectivity index (χ0n) is 21.7. The molecule has 2 aromatic rings. The van der Waals surface area contributed by atoms with E-state index in [2.05, 4.69) is 10.3 Å². The zero-order valence-corrected chi connectivity index (χ0v) is 21.7. The molecule has 0 bridgehead atoms. The Hall–Kier alpha value is -3.56. The highest BCUT2D eigenvalue weighted by Crippen LogP contribution is 2.24. The van der Waals surface area contributed by atoms with Gasteiger partial charge in [0.2, 0.25) is 0 Å². The Labute approximate surface area is 210 Å². The first-order valence-electron chi connectivity index (χ1n) is 12.5. The summed E-state index contributed by atoms with van der Waals surface area (Å²) in [4.78, 5) is 59.9. The van der Waals surface area contributed by atoms with Crippen LogP contribution in [0.5, 0.6) is 0 Å². The van der Waals surface area contributed by atoms with Gasteiger partial charge in [-0.15, -0.1) is 0 Å². The zero-order chi connectivity index (χ0) is 26.4. The van der Waals surface area contributed by atoms with Crippen molar-refractivity contribution in [3.8, 4) is 0 Å². The average molecular weight is 498 g/mol. The van der Waals surface area contributed by atoms with E-state index in [1.807, 2.05) is 27.7 Å². The lowest BCUT2D eigenvalue weighted by Crippen LogP contribution is -2.45. The predicted molar refractivity (Wildman–Crippen MR) is 137 cm³/mol. The standard InChI is InChI=1S/C26H35N5O5/c1-6-13-30-22-18(24(33)31(14-7-2)26(30)35)9-8-10-19(28-22)17-11-12-20(27-15-17)23(32)29-21(16(3)4)25(34)36-5/h11-12,15-16,21H,6-10,13-14H2,1-5H3,(H,29,32). The second-order valence-corrected chi connectivity index (χ2v) is 9.26. The average Bonchev–Trinajstić information content (AvgIpc) is 3.10. The molecular formula is C26H35N5O5. The molecule has 0 fully saturated rings. The molecule has 1 aliphatic rings. The number of hydrogen-bond acceptors (Lipinski definition) is 7. The number of methoxy groups -OCH3 is 1. The number of aromatic nitrogens is 3. The van der Waals surface area contributed by atoms with Crippen molar-refractivity contribution in [2.45, 2.75) is 78.9 Å². The van der Waals surface area contributed by atoms with Crippen LogP contribution in [-0.4, -0.2) is 44.9 Å². The third kappa shape index (κ3) is 5.63. The van der Waals surface area contributed by atoms with Crippen molar-refractivity contribution in [3.05, 3.63) is 56.0 Å². The van der Waals surface area contributed by atoms with Gasteiger partial charge < -0.3 is 10.1 Å². The normalized spacial score (nSPS) is 14.0.